The Balaban J connectivity index is 2.47. The molecule has 0 saturated carbocycles. The number of thiophene rings is 1. The number of urea groups is 1. The third-order valence-corrected chi connectivity index (χ3v) is 4.13. The molecule has 3 N–H and O–H groups in total. The second-order valence-electron chi connectivity index (χ2n) is 5.03. The summed E-state index contributed by atoms with van der Waals surface area (Å²) in [6, 6.07) is 3.19. The van der Waals surface area contributed by atoms with Gasteiger partial charge in [-0.25, -0.2) is 4.79 Å². The molecule has 106 valence electrons. The van der Waals surface area contributed by atoms with E-state index in [1.54, 1.807) is 18.3 Å². The Bertz CT molecular complexity index is 429. The molecular weight excluding hydrogens is 262 g/mol. The molecule has 6 heteroatoms. The molecule has 0 radical (unpaired) electrons. The zero-order chi connectivity index (χ0) is 14.5. The van der Waals surface area contributed by atoms with Crippen LogP contribution in [0.4, 0.5) is 4.79 Å². The number of nitrogens with one attached hydrogen (secondary N) is 3. The minimum atomic E-state index is -0.490. The van der Waals surface area contributed by atoms with Gasteiger partial charge in [0, 0.05) is 23.9 Å². The summed E-state index contributed by atoms with van der Waals surface area (Å²) in [7, 11) is 1.47. The van der Waals surface area contributed by atoms with Gasteiger partial charge in [0.2, 0.25) is 5.91 Å². The van der Waals surface area contributed by atoms with Crippen LogP contribution in [0.3, 0.4) is 0 Å². The van der Waals surface area contributed by atoms with Gasteiger partial charge in [-0.1, -0.05) is 19.9 Å². The minimum absolute atomic E-state index is 0.0459. The summed E-state index contributed by atoms with van der Waals surface area (Å²) in [4.78, 5) is 24.0. The highest BCUT2D eigenvalue weighted by Gasteiger charge is 2.24. The molecule has 1 rings (SSSR count). The van der Waals surface area contributed by atoms with E-state index in [1.165, 1.54) is 11.9 Å². The average molecular weight is 283 g/mol. The van der Waals surface area contributed by atoms with Gasteiger partial charge < -0.3 is 10.6 Å². The fraction of sp³-hybridized carbons (Fsp3) is 0.538. The molecule has 1 aromatic rings. The summed E-state index contributed by atoms with van der Waals surface area (Å²) < 4.78 is 0. The van der Waals surface area contributed by atoms with E-state index in [1.807, 2.05) is 11.4 Å². The molecule has 5 nitrogen and oxygen atoms in total. The third kappa shape index (κ3) is 4.65. The van der Waals surface area contributed by atoms with E-state index < -0.39 is 12.1 Å². The van der Waals surface area contributed by atoms with Crippen LogP contribution >= 0.6 is 11.3 Å². The standard InChI is InChI=1S/C13H21N3O2S/c1-9(11(17)16-12(18)14-4)15-8-13(2,3)10-6-5-7-19-10/h5-7,9,15H,8H2,1-4H3,(H2,14,16,17,18). The predicted octanol–water partition coefficient (Wildman–Crippen LogP) is 1.46. The first kappa shape index (κ1) is 15.7. The van der Waals surface area contributed by atoms with Crippen LogP contribution in [0.5, 0.6) is 0 Å². The first-order chi connectivity index (χ1) is 8.86. The van der Waals surface area contributed by atoms with Gasteiger partial charge in [-0.2, -0.15) is 0 Å². The number of carbonyl (C=O) groups excluding carboxylic acids is 2. The second kappa shape index (κ2) is 6.68. The molecule has 0 aromatic carbocycles. The lowest BCUT2D eigenvalue weighted by molar-refractivity contribution is -0.121. The summed E-state index contributed by atoms with van der Waals surface area (Å²) in [6.07, 6.45) is 0. The summed E-state index contributed by atoms with van der Waals surface area (Å²) >= 11 is 1.70. The molecule has 1 aromatic heterocycles. The van der Waals surface area contributed by atoms with Gasteiger partial charge in [0.1, 0.15) is 0 Å². The second-order valence-corrected chi connectivity index (χ2v) is 5.98. The maximum atomic E-state index is 11.7. The van der Waals surface area contributed by atoms with Gasteiger partial charge in [0.15, 0.2) is 0 Å². The maximum absolute atomic E-state index is 11.7. The van der Waals surface area contributed by atoms with E-state index in [2.05, 4.69) is 35.9 Å². The van der Waals surface area contributed by atoms with Gasteiger partial charge in [-0.15, -0.1) is 11.3 Å². The molecule has 3 amide bonds. The molecular formula is C13H21N3O2S. The van der Waals surface area contributed by atoms with Crippen LogP contribution < -0.4 is 16.0 Å². The average Bonchev–Trinajstić information content (AvgIpc) is 2.90. The summed E-state index contributed by atoms with van der Waals surface area (Å²) in [5.74, 6) is -0.332. The van der Waals surface area contributed by atoms with Gasteiger partial charge in [-0.05, 0) is 18.4 Å². The van der Waals surface area contributed by atoms with Crippen molar-refractivity contribution in [1.29, 1.82) is 0 Å². The normalized spacial score (nSPS) is 12.8. The third-order valence-electron chi connectivity index (χ3n) is 2.90. The zero-order valence-corrected chi connectivity index (χ0v) is 12.6. The lowest BCUT2D eigenvalue weighted by Gasteiger charge is -2.25. The predicted molar refractivity (Wildman–Crippen MR) is 77.4 cm³/mol. The van der Waals surface area contributed by atoms with Gasteiger partial charge in [-0.3, -0.25) is 10.1 Å². The van der Waals surface area contributed by atoms with Crippen molar-refractivity contribution in [3.05, 3.63) is 22.4 Å². The fourth-order valence-corrected chi connectivity index (χ4v) is 2.39. The summed E-state index contributed by atoms with van der Waals surface area (Å²) in [5, 5.41) is 9.80. The molecule has 1 unspecified atom stereocenters. The van der Waals surface area contributed by atoms with E-state index in [0.29, 0.717) is 6.54 Å². The molecule has 0 aliphatic carbocycles. The SMILES string of the molecule is CNC(=O)NC(=O)C(C)NCC(C)(C)c1cccs1. The Labute approximate surface area is 117 Å². The minimum Gasteiger partial charge on any atom is -0.341 e. The maximum Gasteiger partial charge on any atom is 0.321 e. The number of carbonyl (C=O) groups is 2. The Morgan fingerprint density at radius 2 is 2.11 bits per heavy atom. The van der Waals surface area contributed by atoms with E-state index in [4.69, 9.17) is 0 Å². The lowest BCUT2D eigenvalue weighted by atomic mass is 9.91. The largest absolute Gasteiger partial charge is 0.341 e. The quantitative estimate of drug-likeness (QED) is 0.766. The number of hydrogen-bond acceptors (Lipinski definition) is 4. The number of imide groups is 1. The summed E-state index contributed by atoms with van der Waals surface area (Å²) in [5.41, 5.74) is -0.0459. The van der Waals surface area contributed by atoms with Crippen molar-refractivity contribution < 1.29 is 9.59 Å². The van der Waals surface area contributed by atoms with Crippen molar-refractivity contribution in [3.63, 3.8) is 0 Å². The monoisotopic (exact) mass is 283 g/mol. The van der Waals surface area contributed by atoms with Crippen LogP contribution in [0, 0.1) is 0 Å². The van der Waals surface area contributed by atoms with Crippen LogP contribution in [0.1, 0.15) is 25.6 Å². The van der Waals surface area contributed by atoms with E-state index >= 15 is 0 Å². The van der Waals surface area contributed by atoms with Crippen LogP contribution in [0.25, 0.3) is 0 Å². The van der Waals surface area contributed by atoms with Crippen LogP contribution in [-0.2, 0) is 10.2 Å². The van der Waals surface area contributed by atoms with Crippen molar-refractivity contribution in [3.8, 4) is 0 Å². The molecule has 1 atom stereocenters. The Morgan fingerprint density at radius 3 is 2.63 bits per heavy atom. The molecule has 0 spiro atoms. The van der Waals surface area contributed by atoms with Gasteiger partial charge in [0.05, 0.1) is 6.04 Å². The highest BCUT2D eigenvalue weighted by atomic mass is 32.1. The van der Waals surface area contributed by atoms with Crippen LogP contribution in [-0.4, -0.2) is 31.6 Å². The van der Waals surface area contributed by atoms with Crippen molar-refractivity contribution in [2.45, 2.75) is 32.2 Å². The van der Waals surface area contributed by atoms with Crippen molar-refractivity contribution in [2.75, 3.05) is 13.6 Å². The number of rotatable bonds is 5. The molecule has 0 fully saturated rings. The molecule has 19 heavy (non-hydrogen) atoms. The number of amides is 3. The Morgan fingerprint density at radius 1 is 1.42 bits per heavy atom. The van der Waals surface area contributed by atoms with Gasteiger partial charge >= 0.3 is 6.03 Å². The molecule has 0 aliphatic heterocycles. The molecule has 1 heterocycles. The molecule has 0 aliphatic rings. The topological polar surface area (TPSA) is 70.2 Å². The highest BCUT2D eigenvalue weighted by Crippen LogP contribution is 2.26. The van der Waals surface area contributed by atoms with Crippen molar-refractivity contribution in [1.82, 2.24) is 16.0 Å². The zero-order valence-electron chi connectivity index (χ0n) is 11.7. The Hall–Kier alpha value is -1.40. The first-order valence-corrected chi connectivity index (χ1v) is 7.04. The first-order valence-electron chi connectivity index (χ1n) is 6.17. The van der Waals surface area contributed by atoms with Gasteiger partial charge in [0.25, 0.3) is 0 Å². The number of hydrogen-bond donors (Lipinski definition) is 3. The van der Waals surface area contributed by atoms with Crippen molar-refractivity contribution in [2.24, 2.45) is 0 Å². The smallest absolute Gasteiger partial charge is 0.321 e. The van der Waals surface area contributed by atoms with Crippen LogP contribution in [0.15, 0.2) is 17.5 Å². The van der Waals surface area contributed by atoms with E-state index in [0.717, 1.165) is 0 Å². The molecule has 0 saturated heterocycles. The van der Waals surface area contributed by atoms with E-state index in [9.17, 15) is 9.59 Å². The van der Waals surface area contributed by atoms with Crippen LogP contribution in [0.2, 0.25) is 0 Å². The fourth-order valence-electron chi connectivity index (χ4n) is 1.53. The summed E-state index contributed by atoms with van der Waals surface area (Å²) in [6.45, 7) is 6.64. The lowest BCUT2D eigenvalue weighted by Crippen LogP contribution is -2.49. The Kier molecular flexibility index (Phi) is 5.50. The van der Waals surface area contributed by atoms with Crippen molar-refractivity contribution >= 4 is 23.3 Å². The molecule has 0 bridgehead atoms. The highest BCUT2D eigenvalue weighted by molar-refractivity contribution is 7.10. The van der Waals surface area contributed by atoms with E-state index in [-0.39, 0.29) is 11.3 Å².